The van der Waals surface area contributed by atoms with Crippen molar-refractivity contribution >= 4 is 34.6 Å². The van der Waals surface area contributed by atoms with E-state index in [-0.39, 0.29) is 17.6 Å². The molecule has 6 nitrogen and oxygen atoms in total. The molecule has 0 atom stereocenters. The second kappa shape index (κ2) is 9.32. The van der Waals surface area contributed by atoms with Gasteiger partial charge in [0.15, 0.2) is 5.16 Å². The Bertz CT molecular complexity index is 699. The third-order valence-electron chi connectivity index (χ3n) is 3.57. The summed E-state index contributed by atoms with van der Waals surface area (Å²) >= 11 is 1.38. The lowest BCUT2D eigenvalue weighted by Gasteiger charge is -2.09. The number of aryl methyl sites for hydroxylation is 1. The summed E-state index contributed by atoms with van der Waals surface area (Å²) in [5.74, 6) is -0.338. The Morgan fingerprint density at radius 3 is 2.71 bits per heavy atom. The van der Waals surface area contributed by atoms with Crippen LogP contribution in [0.3, 0.4) is 0 Å². The fourth-order valence-electron chi connectivity index (χ4n) is 2.40. The molecule has 1 aromatic heterocycles. The Labute approximate surface area is 146 Å². The van der Waals surface area contributed by atoms with Crippen LogP contribution >= 0.6 is 11.8 Å². The van der Waals surface area contributed by atoms with Gasteiger partial charge in [-0.15, -0.1) is 0 Å². The molecule has 0 unspecified atom stereocenters. The molecule has 2 aromatic rings. The van der Waals surface area contributed by atoms with Crippen LogP contribution in [0.1, 0.15) is 39.5 Å². The number of hydrogen-bond donors (Lipinski definition) is 2. The topological polar surface area (TPSA) is 76.0 Å². The van der Waals surface area contributed by atoms with Crippen LogP contribution in [0.4, 0.5) is 0 Å². The standard InChI is InChI=1S/C17H24N4O2S/c1-3-4-5-8-11-21-15-10-7-6-9-14(15)18-17(21)24-12-16(23)20-19-13(2)22/h6-7,9-10H,3-5,8,11-12H2,1-2H3,(H,19,22)(H,20,23). The van der Waals surface area contributed by atoms with E-state index < -0.39 is 0 Å². The van der Waals surface area contributed by atoms with E-state index in [1.807, 2.05) is 18.2 Å². The van der Waals surface area contributed by atoms with Crippen molar-refractivity contribution in [3.63, 3.8) is 0 Å². The summed E-state index contributed by atoms with van der Waals surface area (Å²) in [5, 5.41) is 0.839. The van der Waals surface area contributed by atoms with Crippen molar-refractivity contribution in [3.05, 3.63) is 24.3 Å². The van der Waals surface area contributed by atoms with Crippen molar-refractivity contribution in [1.82, 2.24) is 20.4 Å². The lowest BCUT2D eigenvalue weighted by molar-refractivity contribution is -0.126. The number of benzene rings is 1. The molecule has 130 valence electrons. The maximum atomic E-state index is 11.8. The summed E-state index contributed by atoms with van der Waals surface area (Å²) in [6, 6.07) is 8.02. The smallest absolute Gasteiger partial charge is 0.248 e. The number of para-hydroxylation sites is 2. The van der Waals surface area contributed by atoms with Gasteiger partial charge >= 0.3 is 0 Å². The first kappa shape index (κ1) is 18.3. The first-order valence-electron chi connectivity index (χ1n) is 8.25. The van der Waals surface area contributed by atoms with Crippen molar-refractivity contribution in [2.75, 3.05) is 5.75 Å². The summed E-state index contributed by atoms with van der Waals surface area (Å²) < 4.78 is 2.18. The molecule has 0 spiro atoms. The van der Waals surface area contributed by atoms with Gasteiger partial charge in [0, 0.05) is 13.5 Å². The number of carbonyl (C=O) groups excluding carboxylic acids is 2. The first-order valence-corrected chi connectivity index (χ1v) is 9.24. The van der Waals surface area contributed by atoms with E-state index >= 15 is 0 Å². The van der Waals surface area contributed by atoms with Crippen LogP contribution in [0.2, 0.25) is 0 Å². The highest BCUT2D eigenvalue weighted by atomic mass is 32.2. The number of hydrazine groups is 1. The Morgan fingerprint density at radius 2 is 1.96 bits per heavy atom. The minimum absolute atomic E-state index is 0.207. The number of rotatable bonds is 8. The van der Waals surface area contributed by atoms with Gasteiger partial charge in [0.1, 0.15) is 0 Å². The third-order valence-corrected chi connectivity index (χ3v) is 4.54. The zero-order valence-corrected chi connectivity index (χ0v) is 15.0. The van der Waals surface area contributed by atoms with Crippen molar-refractivity contribution in [2.24, 2.45) is 0 Å². The Balaban J connectivity index is 2.04. The van der Waals surface area contributed by atoms with E-state index in [9.17, 15) is 9.59 Å². The highest BCUT2D eigenvalue weighted by Gasteiger charge is 2.12. The van der Waals surface area contributed by atoms with Gasteiger partial charge in [-0.2, -0.15) is 0 Å². The fraction of sp³-hybridized carbons (Fsp3) is 0.471. The molecule has 2 rings (SSSR count). The Morgan fingerprint density at radius 1 is 1.17 bits per heavy atom. The average Bonchev–Trinajstić information content (AvgIpc) is 2.92. The number of amides is 2. The summed E-state index contributed by atoms with van der Waals surface area (Å²) in [6.07, 6.45) is 4.72. The largest absolute Gasteiger partial charge is 0.319 e. The van der Waals surface area contributed by atoms with Gasteiger partial charge in [-0.1, -0.05) is 50.1 Å². The number of thioether (sulfide) groups is 1. The summed E-state index contributed by atoms with van der Waals surface area (Å²) in [6.45, 7) is 4.45. The van der Waals surface area contributed by atoms with Crippen molar-refractivity contribution in [2.45, 2.75) is 51.2 Å². The minimum Gasteiger partial charge on any atom is -0.319 e. The molecule has 0 radical (unpaired) electrons. The number of nitrogens with one attached hydrogen (secondary N) is 2. The zero-order valence-electron chi connectivity index (χ0n) is 14.2. The maximum absolute atomic E-state index is 11.8. The lowest BCUT2D eigenvalue weighted by atomic mass is 10.2. The number of imidazole rings is 1. The molecule has 0 aliphatic heterocycles. The zero-order chi connectivity index (χ0) is 17.4. The molecular formula is C17H24N4O2S. The molecule has 0 saturated heterocycles. The number of hydrogen-bond acceptors (Lipinski definition) is 4. The van der Waals surface area contributed by atoms with Gasteiger partial charge in [0.2, 0.25) is 11.8 Å². The van der Waals surface area contributed by atoms with Crippen LogP contribution in [0, 0.1) is 0 Å². The molecule has 2 amide bonds. The number of nitrogens with zero attached hydrogens (tertiary/aromatic N) is 2. The predicted molar refractivity (Wildman–Crippen MR) is 96.6 cm³/mol. The summed E-state index contributed by atoms with van der Waals surface area (Å²) in [7, 11) is 0. The first-order chi connectivity index (χ1) is 11.6. The van der Waals surface area contributed by atoms with Crippen LogP contribution in [0.15, 0.2) is 29.4 Å². The average molecular weight is 348 g/mol. The fourth-order valence-corrected chi connectivity index (χ4v) is 3.24. The van der Waals surface area contributed by atoms with E-state index in [1.54, 1.807) is 0 Å². The normalized spacial score (nSPS) is 10.8. The van der Waals surface area contributed by atoms with Crippen molar-refractivity contribution in [3.8, 4) is 0 Å². The molecule has 0 aliphatic rings. The Kier molecular flexibility index (Phi) is 7.11. The second-order valence-electron chi connectivity index (χ2n) is 5.61. The van der Waals surface area contributed by atoms with E-state index in [1.165, 1.54) is 37.9 Å². The van der Waals surface area contributed by atoms with Crippen LogP contribution in [-0.4, -0.2) is 27.1 Å². The molecule has 0 aliphatic carbocycles. The van der Waals surface area contributed by atoms with Gasteiger partial charge in [-0.3, -0.25) is 20.4 Å². The molecule has 0 fully saturated rings. The van der Waals surface area contributed by atoms with E-state index in [0.717, 1.165) is 29.2 Å². The molecule has 0 bridgehead atoms. The van der Waals surface area contributed by atoms with E-state index in [2.05, 4.69) is 33.4 Å². The monoisotopic (exact) mass is 348 g/mol. The molecule has 1 aromatic carbocycles. The number of carbonyl (C=O) groups is 2. The highest BCUT2D eigenvalue weighted by molar-refractivity contribution is 7.99. The molecule has 24 heavy (non-hydrogen) atoms. The highest BCUT2D eigenvalue weighted by Crippen LogP contribution is 2.24. The third kappa shape index (κ3) is 5.26. The summed E-state index contributed by atoms with van der Waals surface area (Å²) in [4.78, 5) is 27.2. The van der Waals surface area contributed by atoms with Crippen LogP contribution in [-0.2, 0) is 16.1 Å². The van der Waals surface area contributed by atoms with Crippen molar-refractivity contribution in [1.29, 1.82) is 0 Å². The van der Waals surface area contributed by atoms with Gasteiger partial charge in [-0.05, 0) is 18.6 Å². The summed E-state index contributed by atoms with van der Waals surface area (Å²) in [5.41, 5.74) is 6.70. The predicted octanol–water partition coefficient (Wildman–Crippen LogP) is 2.88. The van der Waals surface area contributed by atoms with Crippen molar-refractivity contribution < 1.29 is 9.59 Å². The molecule has 2 N–H and O–H groups in total. The van der Waals surface area contributed by atoms with Crippen LogP contribution in [0.25, 0.3) is 11.0 Å². The van der Waals surface area contributed by atoms with Crippen LogP contribution in [0.5, 0.6) is 0 Å². The van der Waals surface area contributed by atoms with E-state index in [4.69, 9.17) is 0 Å². The second-order valence-corrected chi connectivity index (χ2v) is 6.56. The quantitative estimate of drug-likeness (QED) is 0.437. The molecule has 0 saturated carbocycles. The van der Waals surface area contributed by atoms with E-state index in [0.29, 0.717) is 0 Å². The number of unbranched alkanes of at least 4 members (excludes halogenated alkanes) is 3. The maximum Gasteiger partial charge on any atom is 0.248 e. The van der Waals surface area contributed by atoms with Gasteiger partial charge in [0.05, 0.1) is 16.8 Å². The molecular weight excluding hydrogens is 324 g/mol. The number of fused-ring (bicyclic) bond motifs is 1. The SMILES string of the molecule is CCCCCCn1c(SCC(=O)NNC(C)=O)nc2ccccc21. The number of aromatic nitrogens is 2. The Hall–Kier alpha value is -2.02. The van der Waals surface area contributed by atoms with Gasteiger partial charge in [-0.25, -0.2) is 4.98 Å². The minimum atomic E-state index is -0.295. The van der Waals surface area contributed by atoms with Gasteiger partial charge < -0.3 is 4.57 Å². The van der Waals surface area contributed by atoms with Gasteiger partial charge in [0.25, 0.3) is 0 Å². The van der Waals surface area contributed by atoms with Crippen LogP contribution < -0.4 is 10.9 Å². The lowest BCUT2D eigenvalue weighted by Crippen LogP contribution is -2.41. The molecule has 7 heteroatoms. The molecule has 1 heterocycles.